The lowest BCUT2D eigenvalue weighted by atomic mass is 10.2. The largest absolute Gasteiger partial charge is 0.481 e. The summed E-state index contributed by atoms with van der Waals surface area (Å²) < 4.78 is 0. The van der Waals surface area contributed by atoms with Gasteiger partial charge in [0.25, 0.3) is 0 Å². The van der Waals surface area contributed by atoms with Gasteiger partial charge in [0.2, 0.25) is 5.91 Å². The van der Waals surface area contributed by atoms with Crippen LogP contribution in [0.1, 0.15) is 20.3 Å². The van der Waals surface area contributed by atoms with Crippen LogP contribution in [0, 0.1) is 11.8 Å². The van der Waals surface area contributed by atoms with Gasteiger partial charge in [-0.1, -0.05) is 0 Å². The Balaban J connectivity index is 1.82. The zero-order valence-electron chi connectivity index (χ0n) is 12.6. The van der Waals surface area contributed by atoms with Crippen LogP contribution in [-0.4, -0.2) is 77.0 Å². The average Bonchev–Trinajstić information content (AvgIpc) is 3.28. The van der Waals surface area contributed by atoms with Crippen molar-refractivity contribution in [3.63, 3.8) is 0 Å². The topological polar surface area (TPSA) is 81.2 Å². The molecule has 21 heavy (non-hydrogen) atoms. The Morgan fingerprint density at radius 2 is 1.52 bits per heavy atom. The minimum Gasteiger partial charge on any atom is -0.481 e. The molecule has 1 aliphatic heterocycles. The van der Waals surface area contributed by atoms with E-state index in [4.69, 9.17) is 5.11 Å². The standard InChI is InChI=1S/C14H23N3O4/c1-3-15(4-2)14(21)17-7-5-16(6-8-17)12(18)10-9-11(10)13(19)20/h10-11H,3-9H2,1-2H3,(H,19,20)/t10-,11+/m1/s1. The lowest BCUT2D eigenvalue weighted by molar-refractivity contribution is -0.142. The van der Waals surface area contributed by atoms with Crippen molar-refractivity contribution in [1.29, 1.82) is 0 Å². The van der Waals surface area contributed by atoms with Gasteiger partial charge in [-0.05, 0) is 20.3 Å². The number of piperazine rings is 1. The third-order valence-electron chi connectivity index (χ3n) is 4.32. The number of urea groups is 1. The molecule has 1 heterocycles. The van der Waals surface area contributed by atoms with Crippen LogP contribution < -0.4 is 0 Å². The summed E-state index contributed by atoms with van der Waals surface area (Å²) >= 11 is 0. The van der Waals surface area contributed by atoms with E-state index in [1.54, 1.807) is 14.7 Å². The highest BCUT2D eigenvalue weighted by atomic mass is 16.4. The number of carboxylic acids is 1. The van der Waals surface area contributed by atoms with Crippen molar-refractivity contribution in [2.24, 2.45) is 11.8 Å². The highest BCUT2D eigenvalue weighted by Gasteiger charge is 2.50. The van der Waals surface area contributed by atoms with Gasteiger partial charge in [-0.3, -0.25) is 9.59 Å². The fraction of sp³-hybridized carbons (Fsp3) is 0.786. The summed E-state index contributed by atoms with van der Waals surface area (Å²) in [6.07, 6.45) is 0.451. The fourth-order valence-corrected chi connectivity index (χ4v) is 2.79. The van der Waals surface area contributed by atoms with Gasteiger partial charge in [0.05, 0.1) is 11.8 Å². The highest BCUT2D eigenvalue weighted by Crippen LogP contribution is 2.40. The second kappa shape index (κ2) is 6.32. The molecule has 0 aromatic rings. The first-order valence-electron chi connectivity index (χ1n) is 7.55. The lowest BCUT2D eigenvalue weighted by Gasteiger charge is -2.37. The molecule has 0 unspecified atom stereocenters. The monoisotopic (exact) mass is 297 g/mol. The van der Waals surface area contributed by atoms with Crippen molar-refractivity contribution in [3.05, 3.63) is 0 Å². The van der Waals surface area contributed by atoms with Gasteiger partial charge >= 0.3 is 12.0 Å². The Morgan fingerprint density at radius 1 is 1.00 bits per heavy atom. The number of carbonyl (C=O) groups excluding carboxylic acids is 2. The SMILES string of the molecule is CCN(CC)C(=O)N1CCN(C(=O)[C@@H]2C[C@@H]2C(=O)O)CC1. The number of amides is 3. The van der Waals surface area contributed by atoms with Gasteiger partial charge in [0.15, 0.2) is 0 Å². The highest BCUT2D eigenvalue weighted by molar-refractivity contribution is 5.89. The van der Waals surface area contributed by atoms with Gasteiger partial charge in [-0.15, -0.1) is 0 Å². The zero-order chi connectivity index (χ0) is 15.6. The summed E-state index contributed by atoms with van der Waals surface area (Å²) in [4.78, 5) is 40.4. The van der Waals surface area contributed by atoms with E-state index in [0.29, 0.717) is 45.7 Å². The first kappa shape index (κ1) is 15.6. The second-order valence-electron chi connectivity index (χ2n) is 5.55. The molecule has 0 aromatic carbocycles. The average molecular weight is 297 g/mol. The van der Waals surface area contributed by atoms with E-state index in [0.717, 1.165) is 0 Å². The van der Waals surface area contributed by atoms with E-state index < -0.39 is 11.9 Å². The molecule has 1 N–H and O–H groups in total. The molecule has 2 aliphatic rings. The van der Waals surface area contributed by atoms with Crippen molar-refractivity contribution < 1.29 is 19.5 Å². The van der Waals surface area contributed by atoms with Crippen molar-refractivity contribution >= 4 is 17.9 Å². The lowest BCUT2D eigenvalue weighted by Crippen LogP contribution is -2.54. The van der Waals surface area contributed by atoms with Crippen LogP contribution in [0.3, 0.4) is 0 Å². The molecule has 118 valence electrons. The summed E-state index contributed by atoms with van der Waals surface area (Å²) in [6.45, 7) is 7.27. The molecule has 2 fully saturated rings. The molecule has 0 bridgehead atoms. The number of carboxylic acid groups (broad SMARTS) is 1. The third-order valence-corrected chi connectivity index (χ3v) is 4.32. The second-order valence-corrected chi connectivity index (χ2v) is 5.55. The summed E-state index contributed by atoms with van der Waals surface area (Å²) in [5.41, 5.74) is 0. The molecular weight excluding hydrogens is 274 g/mol. The maximum absolute atomic E-state index is 12.2. The van der Waals surface area contributed by atoms with Crippen molar-refractivity contribution in [2.45, 2.75) is 20.3 Å². The van der Waals surface area contributed by atoms with E-state index in [1.807, 2.05) is 13.8 Å². The minimum atomic E-state index is -0.885. The fourth-order valence-electron chi connectivity index (χ4n) is 2.79. The van der Waals surface area contributed by atoms with E-state index in [2.05, 4.69) is 0 Å². The van der Waals surface area contributed by atoms with Crippen LogP contribution in [-0.2, 0) is 9.59 Å². The number of nitrogens with zero attached hydrogens (tertiary/aromatic N) is 3. The molecule has 2 atom stereocenters. The van der Waals surface area contributed by atoms with Crippen LogP contribution in [0.5, 0.6) is 0 Å². The molecule has 1 saturated heterocycles. The maximum Gasteiger partial charge on any atom is 0.320 e. The van der Waals surface area contributed by atoms with Gasteiger partial charge in [-0.25, -0.2) is 4.79 Å². The predicted octanol–water partition coefficient (Wildman–Crippen LogP) is 0.313. The number of aliphatic carboxylic acids is 1. The summed E-state index contributed by atoms with van der Waals surface area (Å²) in [5.74, 6) is -1.82. The Hall–Kier alpha value is -1.79. The van der Waals surface area contributed by atoms with Gasteiger partial charge in [0, 0.05) is 39.3 Å². The molecule has 0 spiro atoms. The van der Waals surface area contributed by atoms with Gasteiger partial charge < -0.3 is 19.8 Å². The van der Waals surface area contributed by atoms with Crippen LogP contribution >= 0.6 is 0 Å². The van der Waals surface area contributed by atoms with E-state index >= 15 is 0 Å². The van der Waals surface area contributed by atoms with Crippen LogP contribution in [0.25, 0.3) is 0 Å². The molecule has 0 aromatic heterocycles. The minimum absolute atomic E-state index is 0.0157. The summed E-state index contributed by atoms with van der Waals surface area (Å²) in [6, 6.07) is 0.0157. The third kappa shape index (κ3) is 3.28. The van der Waals surface area contributed by atoms with Crippen LogP contribution in [0.15, 0.2) is 0 Å². The number of hydrogen-bond donors (Lipinski definition) is 1. The molecule has 7 heteroatoms. The molecule has 0 radical (unpaired) electrons. The van der Waals surface area contributed by atoms with E-state index in [9.17, 15) is 14.4 Å². The van der Waals surface area contributed by atoms with Crippen molar-refractivity contribution in [2.75, 3.05) is 39.3 Å². The number of carbonyl (C=O) groups is 3. The molecular formula is C14H23N3O4. The van der Waals surface area contributed by atoms with E-state index in [-0.39, 0.29) is 17.9 Å². The normalized spacial score (nSPS) is 24.7. The Kier molecular flexibility index (Phi) is 4.69. The molecule has 3 amide bonds. The molecule has 2 rings (SSSR count). The van der Waals surface area contributed by atoms with Crippen LogP contribution in [0.4, 0.5) is 4.79 Å². The molecule has 1 aliphatic carbocycles. The Morgan fingerprint density at radius 3 is 1.95 bits per heavy atom. The van der Waals surface area contributed by atoms with Gasteiger partial charge in [0.1, 0.15) is 0 Å². The maximum atomic E-state index is 12.2. The number of rotatable bonds is 4. The van der Waals surface area contributed by atoms with E-state index in [1.165, 1.54) is 0 Å². The van der Waals surface area contributed by atoms with Crippen molar-refractivity contribution in [3.8, 4) is 0 Å². The quantitative estimate of drug-likeness (QED) is 0.810. The zero-order valence-corrected chi connectivity index (χ0v) is 12.6. The first-order valence-corrected chi connectivity index (χ1v) is 7.55. The smallest absolute Gasteiger partial charge is 0.320 e. The summed E-state index contributed by atoms with van der Waals surface area (Å²) in [7, 11) is 0. The predicted molar refractivity (Wildman–Crippen MR) is 75.7 cm³/mol. The molecule has 7 nitrogen and oxygen atoms in total. The van der Waals surface area contributed by atoms with Gasteiger partial charge in [-0.2, -0.15) is 0 Å². The Labute approximate surface area is 124 Å². The number of hydrogen-bond acceptors (Lipinski definition) is 3. The van der Waals surface area contributed by atoms with Crippen LogP contribution in [0.2, 0.25) is 0 Å². The summed E-state index contributed by atoms with van der Waals surface area (Å²) in [5, 5.41) is 8.87. The van der Waals surface area contributed by atoms with Crippen molar-refractivity contribution in [1.82, 2.24) is 14.7 Å². The first-order chi connectivity index (χ1) is 9.99. The Bertz CT molecular complexity index is 428. The molecule has 1 saturated carbocycles.